The number of carboxylic acids is 1. The van der Waals surface area contributed by atoms with Gasteiger partial charge in [0.15, 0.2) is 5.13 Å². The molecule has 0 atom stereocenters. The monoisotopic (exact) mass is 280 g/mol. The average Bonchev–Trinajstić information content (AvgIpc) is 2.64. The molecular formula is C9H10F2N2O4S. The van der Waals surface area contributed by atoms with Crippen LogP contribution in [0.4, 0.5) is 13.9 Å². The van der Waals surface area contributed by atoms with E-state index < -0.39 is 24.4 Å². The van der Waals surface area contributed by atoms with Crippen LogP contribution in [0.15, 0.2) is 6.20 Å². The van der Waals surface area contributed by atoms with E-state index in [1.165, 1.54) is 6.20 Å². The SMILES string of the molecule is COCC(F)(F)C(=O)Nc1ncc(CC(=O)O)s1. The second-order valence-electron chi connectivity index (χ2n) is 3.29. The molecular weight excluding hydrogens is 270 g/mol. The molecule has 2 N–H and O–H groups in total. The molecule has 0 saturated heterocycles. The van der Waals surface area contributed by atoms with E-state index in [1.54, 1.807) is 0 Å². The molecule has 100 valence electrons. The first-order valence-corrected chi connectivity index (χ1v) is 5.51. The highest BCUT2D eigenvalue weighted by Gasteiger charge is 2.39. The number of carbonyl (C=O) groups excluding carboxylic acids is 1. The van der Waals surface area contributed by atoms with Crippen molar-refractivity contribution in [3.63, 3.8) is 0 Å². The number of rotatable bonds is 6. The number of methoxy groups -OCH3 is 1. The highest BCUT2D eigenvalue weighted by atomic mass is 32.1. The summed E-state index contributed by atoms with van der Waals surface area (Å²) >= 11 is 0.826. The Morgan fingerprint density at radius 3 is 2.83 bits per heavy atom. The Morgan fingerprint density at radius 2 is 2.28 bits per heavy atom. The fraction of sp³-hybridized carbons (Fsp3) is 0.444. The lowest BCUT2D eigenvalue weighted by Crippen LogP contribution is -2.38. The van der Waals surface area contributed by atoms with Gasteiger partial charge in [-0.3, -0.25) is 14.9 Å². The van der Waals surface area contributed by atoms with Crippen molar-refractivity contribution in [1.82, 2.24) is 4.98 Å². The predicted molar refractivity (Wildman–Crippen MR) is 58.9 cm³/mol. The van der Waals surface area contributed by atoms with Gasteiger partial charge < -0.3 is 9.84 Å². The maximum atomic E-state index is 13.1. The van der Waals surface area contributed by atoms with Crippen LogP contribution >= 0.6 is 11.3 Å². The van der Waals surface area contributed by atoms with Gasteiger partial charge in [-0.1, -0.05) is 0 Å². The molecule has 1 heterocycles. The summed E-state index contributed by atoms with van der Waals surface area (Å²) in [6, 6.07) is 0. The number of carboxylic acid groups (broad SMARTS) is 1. The summed E-state index contributed by atoms with van der Waals surface area (Å²) in [5.41, 5.74) is 0. The van der Waals surface area contributed by atoms with Crippen LogP contribution in [0.5, 0.6) is 0 Å². The predicted octanol–water partition coefficient (Wildman–Crippen LogP) is 0.990. The van der Waals surface area contributed by atoms with Gasteiger partial charge >= 0.3 is 11.9 Å². The van der Waals surface area contributed by atoms with Gasteiger partial charge in [-0.05, 0) is 0 Å². The van der Waals surface area contributed by atoms with Crippen LogP contribution in [0.3, 0.4) is 0 Å². The van der Waals surface area contributed by atoms with E-state index in [0.29, 0.717) is 4.88 Å². The standard InChI is InChI=1S/C9H10F2N2O4S/c1-17-4-9(10,11)7(16)13-8-12-3-5(18-8)2-6(14)15/h3H,2,4H2,1H3,(H,14,15)(H,12,13,16). The Labute approximate surface area is 105 Å². The number of thiazole rings is 1. The van der Waals surface area contributed by atoms with Gasteiger partial charge in [-0.2, -0.15) is 8.78 Å². The molecule has 1 aromatic heterocycles. The van der Waals surface area contributed by atoms with Gasteiger partial charge in [0.25, 0.3) is 5.91 Å². The quantitative estimate of drug-likeness (QED) is 0.811. The van der Waals surface area contributed by atoms with Crippen LogP contribution in [-0.2, 0) is 20.7 Å². The molecule has 0 aromatic carbocycles. The zero-order valence-electron chi connectivity index (χ0n) is 9.27. The molecule has 1 aromatic rings. The van der Waals surface area contributed by atoms with Gasteiger partial charge in [-0.15, -0.1) is 11.3 Å². The lowest BCUT2D eigenvalue weighted by Gasteiger charge is -2.13. The maximum Gasteiger partial charge on any atom is 0.347 e. The number of hydrogen-bond acceptors (Lipinski definition) is 5. The number of aliphatic carboxylic acids is 1. The molecule has 0 unspecified atom stereocenters. The number of alkyl halides is 2. The zero-order valence-corrected chi connectivity index (χ0v) is 10.1. The van der Waals surface area contributed by atoms with Crippen LogP contribution in [0.2, 0.25) is 0 Å². The molecule has 0 saturated carbocycles. The minimum atomic E-state index is -3.66. The third-order valence-electron chi connectivity index (χ3n) is 1.76. The average molecular weight is 280 g/mol. The molecule has 0 fully saturated rings. The molecule has 0 spiro atoms. The van der Waals surface area contributed by atoms with Crippen molar-refractivity contribution in [1.29, 1.82) is 0 Å². The Kier molecular flexibility index (Phi) is 4.68. The van der Waals surface area contributed by atoms with Gasteiger partial charge in [0.05, 0.1) is 6.42 Å². The van der Waals surface area contributed by atoms with E-state index in [1.807, 2.05) is 5.32 Å². The lowest BCUT2D eigenvalue weighted by molar-refractivity contribution is -0.146. The van der Waals surface area contributed by atoms with E-state index in [9.17, 15) is 18.4 Å². The normalized spacial score (nSPS) is 11.3. The summed E-state index contributed by atoms with van der Waals surface area (Å²) in [6.45, 7) is -1.04. The Bertz CT molecular complexity index is 450. The van der Waals surface area contributed by atoms with Crippen LogP contribution in [0.25, 0.3) is 0 Å². The van der Waals surface area contributed by atoms with Gasteiger partial charge in [-0.25, -0.2) is 4.98 Å². The van der Waals surface area contributed by atoms with Crippen molar-refractivity contribution in [2.24, 2.45) is 0 Å². The van der Waals surface area contributed by atoms with E-state index in [-0.39, 0.29) is 11.6 Å². The number of hydrogen-bond donors (Lipinski definition) is 2. The summed E-state index contributed by atoms with van der Waals surface area (Å²) in [4.78, 5) is 25.6. The third-order valence-corrected chi connectivity index (χ3v) is 2.67. The van der Waals surface area contributed by atoms with Crippen molar-refractivity contribution < 1.29 is 28.2 Å². The molecule has 0 aliphatic heterocycles. The molecule has 0 aliphatic rings. The molecule has 6 nitrogen and oxygen atoms in total. The van der Waals surface area contributed by atoms with Crippen molar-refractivity contribution in [2.75, 3.05) is 19.0 Å². The van der Waals surface area contributed by atoms with Crippen molar-refractivity contribution >= 4 is 28.3 Å². The summed E-state index contributed by atoms with van der Waals surface area (Å²) in [6.07, 6.45) is 0.935. The number of nitrogens with one attached hydrogen (secondary N) is 1. The number of ether oxygens (including phenoxy) is 1. The number of aromatic nitrogens is 1. The second kappa shape index (κ2) is 5.83. The van der Waals surface area contributed by atoms with E-state index in [0.717, 1.165) is 18.4 Å². The van der Waals surface area contributed by atoms with E-state index in [4.69, 9.17) is 5.11 Å². The van der Waals surface area contributed by atoms with Crippen LogP contribution in [-0.4, -0.2) is 41.6 Å². The number of amides is 1. The Morgan fingerprint density at radius 1 is 1.61 bits per heavy atom. The van der Waals surface area contributed by atoms with E-state index >= 15 is 0 Å². The number of anilines is 1. The summed E-state index contributed by atoms with van der Waals surface area (Å²) in [7, 11) is 1.05. The van der Waals surface area contributed by atoms with Crippen molar-refractivity contribution in [3.05, 3.63) is 11.1 Å². The fourth-order valence-corrected chi connectivity index (χ4v) is 1.83. The summed E-state index contributed by atoms with van der Waals surface area (Å²) in [5.74, 6) is -6.27. The first-order chi connectivity index (χ1) is 8.35. The van der Waals surface area contributed by atoms with Crippen LogP contribution in [0.1, 0.15) is 4.88 Å². The van der Waals surface area contributed by atoms with Gasteiger partial charge in [0.1, 0.15) is 6.61 Å². The lowest BCUT2D eigenvalue weighted by atomic mass is 10.3. The summed E-state index contributed by atoms with van der Waals surface area (Å²) in [5, 5.41) is 10.3. The zero-order chi connectivity index (χ0) is 13.8. The molecule has 0 aliphatic carbocycles. The highest BCUT2D eigenvalue weighted by Crippen LogP contribution is 2.22. The number of halogens is 2. The maximum absolute atomic E-state index is 13.1. The number of nitrogens with zero attached hydrogens (tertiary/aromatic N) is 1. The fourth-order valence-electron chi connectivity index (χ4n) is 1.03. The Balaban J connectivity index is 2.65. The molecule has 0 bridgehead atoms. The minimum Gasteiger partial charge on any atom is -0.481 e. The number of carbonyl (C=O) groups is 2. The smallest absolute Gasteiger partial charge is 0.347 e. The first kappa shape index (κ1) is 14.5. The van der Waals surface area contributed by atoms with Crippen molar-refractivity contribution in [3.8, 4) is 0 Å². The largest absolute Gasteiger partial charge is 0.481 e. The molecule has 1 rings (SSSR count). The van der Waals surface area contributed by atoms with Crippen molar-refractivity contribution in [2.45, 2.75) is 12.3 Å². The van der Waals surface area contributed by atoms with Crippen LogP contribution < -0.4 is 5.32 Å². The van der Waals surface area contributed by atoms with E-state index in [2.05, 4.69) is 9.72 Å². The summed E-state index contributed by atoms with van der Waals surface area (Å²) < 4.78 is 30.3. The second-order valence-corrected chi connectivity index (χ2v) is 4.41. The molecule has 18 heavy (non-hydrogen) atoms. The highest BCUT2D eigenvalue weighted by molar-refractivity contribution is 7.15. The third kappa shape index (κ3) is 4.00. The van der Waals surface area contributed by atoms with Crippen LogP contribution in [0, 0.1) is 0 Å². The minimum absolute atomic E-state index is 0.0768. The molecule has 9 heteroatoms. The topological polar surface area (TPSA) is 88.5 Å². The Hall–Kier alpha value is -1.61. The first-order valence-electron chi connectivity index (χ1n) is 4.70. The molecule has 1 amide bonds. The van der Waals surface area contributed by atoms with Gasteiger partial charge in [0.2, 0.25) is 0 Å². The van der Waals surface area contributed by atoms with Gasteiger partial charge in [0, 0.05) is 18.2 Å². The molecule has 0 radical (unpaired) electrons.